The van der Waals surface area contributed by atoms with Crippen molar-refractivity contribution in [1.82, 2.24) is 14.7 Å². The van der Waals surface area contributed by atoms with Gasteiger partial charge in [0.05, 0.1) is 12.6 Å². The van der Waals surface area contributed by atoms with Crippen LogP contribution in [0.5, 0.6) is 0 Å². The van der Waals surface area contributed by atoms with E-state index in [9.17, 15) is 0 Å². The molecule has 0 bridgehead atoms. The normalized spacial score (nSPS) is 11.7. The molecule has 24 heavy (non-hydrogen) atoms. The molecule has 5 nitrogen and oxygen atoms in total. The zero-order valence-electron chi connectivity index (χ0n) is 16.8. The molecule has 0 radical (unpaired) electrons. The number of rotatable bonds is 14. The SMILES string of the molecule is CN(C)CCCC(CCCN(C)C)(CCCN(C)C)CN=C=N.Cl. The topological polar surface area (TPSA) is 45.9 Å². The predicted octanol–water partition coefficient (Wildman–Crippen LogP) is 3.17. The third-order valence-corrected chi connectivity index (χ3v) is 4.43. The second kappa shape index (κ2) is 14.9. The van der Waals surface area contributed by atoms with Gasteiger partial charge >= 0.3 is 0 Å². The Kier molecular flexibility index (Phi) is 16.0. The Balaban J connectivity index is 0. The van der Waals surface area contributed by atoms with E-state index in [2.05, 4.69) is 68.0 Å². The second-order valence-corrected chi connectivity index (χ2v) is 7.65. The van der Waals surface area contributed by atoms with E-state index in [1.807, 2.05) is 0 Å². The lowest BCUT2D eigenvalue weighted by atomic mass is 9.75. The molecule has 0 fully saturated rings. The number of nitrogens with zero attached hydrogens (tertiary/aromatic N) is 4. The van der Waals surface area contributed by atoms with Crippen LogP contribution in [0.25, 0.3) is 0 Å². The summed E-state index contributed by atoms with van der Waals surface area (Å²) < 4.78 is 0. The summed E-state index contributed by atoms with van der Waals surface area (Å²) in [6, 6.07) is 2.26. The molecule has 0 rings (SSSR count). The maximum Gasteiger partial charge on any atom is 0.0862 e. The van der Waals surface area contributed by atoms with Crippen LogP contribution in [0.4, 0.5) is 0 Å². The molecule has 0 unspecified atom stereocenters. The van der Waals surface area contributed by atoms with E-state index >= 15 is 0 Å². The Morgan fingerprint density at radius 3 is 1.33 bits per heavy atom. The maximum absolute atomic E-state index is 7.18. The fraction of sp³-hybridized carbons (Fsp3) is 0.944. The van der Waals surface area contributed by atoms with Crippen LogP contribution in [0.1, 0.15) is 38.5 Å². The molecule has 6 heteroatoms. The van der Waals surface area contributed by atoms with E-state index in [-0.39, 0.29) is 17.8 Å². The third-order valence-electron chi connectivity index (χ3n) is 4.43. The molecule has 144 valence electrons. The largest absolute Gasteiger partial charge is 0.309 e. The lowest BCUT2D eigenvalue weighted by molar-refractivity contribution is 0.188. The molecule has 0 saturated heterocycles. The minimum atomic E-state index is 0. The molecule has 0 aromatic rings. The molecule has 0 aromatic heterocycles. The van der Waals surface area contributed by atoms with Gasteiger partial charge in [0.25, 0.3) is 0 Å². The minimum absolute atomic E-state index is 0. The number of halogens is 1. The fourth-order valence-electron chi connectivity index (χ4n) is 3.13. The highest BCUT2D eigenvalue weighted by Crippen LogP contribution is 2.35. The third kappa shape index (κ3) is 13.9. The average molecular weight is 362 g/mol. The van der Waals surface area contributed by atoms with Crippen molar-refractivity contribution >= 4 is 18.4 Å². The van der Waals surface area contributed by atoms with Crippen molar-refractivity contribution in [3.63, 3.8) is 0 Å². The molecule has 0 atom stereocenters. The van der Waals surface area contributed by atoms with Crippen LogP contribution in [-0.2, 0) is 0 Å². The molecule has 0 amide bonds. The number of nitrogens with one attached hydrogen (secondary N) is 1. The van der Waals surface area contributed by atoms with Crippen LogP contribution < -0.4 is 0 Å². The zero-order chi connectivity index (χ0) is 17.7. The van der Waals surface area contributed by atoms with Crippen LogP contribution >= 0.6 is 12.4 Å². The van der Waals surface area contributed by atoms with Crippen LogP contribution in [0.3, 0.4) is 0 Å². The van der Waals surface area contributed by atoms with E-state index in [0.29, 0.717) is 0 Å². The monoisotopic (exact) mass is 361 g/mol. The Morgan fingerprint density at radius 2 is 1.08 bits per heavy atom. The molecule has 0 heterocycles. The van der Waals surface area contributed by atoms with Gasteiger partial charge in [0.2, 0.25) is 0 Å². The first-order valence-corrected chi connectivity index (χ1v) is 8.84. The van der Waals surface area contributed by atoms with Gasteiger partial charge < -0.3 is 14.7 Å². The van der Waals surface area contributed by atoms with E-state index in [4.69, 9.17) is 5.41 Å². The van der Waals surface area contributed by atoms with Gasteiger partial charge in [-0.15, -0.1) is 12.4 Å². The van der Waals surface area contributed by atoms with Gasteiger partial charge in [-0.05, 0) is 106 Å². The Labute approximate surface area is 156 Å². The van der Waals surface area contributed by atoms with Gasteiger partial charge in [-0.25, -0.2) is 10.4 Å². The Morgan fingerprint density at radius 1 is 0.750 bits per heavy atom. The van der Waals surface area contributed by atoms with E-state index < -0.39 is 0 Å². The average Bonchev–Trinajstić information content (AvgIpc) is 2.43. The first-order chi connectivity index (χ1) is 10.8. The van der Waals surface area contributed by atoms with Gasteiger partial charge in [-0.3, -0.25) is 0 Å². The van der Waals surface area contributed by atoms with Crippen LogP contribution in [0.2, 0.25) is 0 Å². The highest BCUT2D eigenvalue weighted by atomic mass is 35.5. The standard InChI is InChI=1S/C18H39N5.ClH/c1-21(2)13-7-10-18(16-20-17-19,11-8-14-22(3)4)12-9-15-23(5)6;/h19H,7-16H2,1-6H3;1H. The van der Waals surface area contributed by atoms with Crippen LogP contribution in [0, 0.1) is 10.8 Å². The Bertz CT molecular complexity index is 302. The summed E-state index contributed by atoms with van der Waals surface area (Å²) in [5.41, 5.74) is 0.232. The van der Waals surface area contributed by atoms with E-state index in [0.717, 1.165) is 26.2 Å². The summed E-state index contributed by atoms with van der Waals surface area (Å²) in [5, 5.41) is 7.18. The molecule has 1 N–H and O–H groups in total. The van der Waals surface area contributed by atoms with Gasteiger partial charge in [-0.2, -0.15) is 0 Å². The second-order valence-electron chi connectivity index (χ2n) is 7.65. The number of aliphatic imine (C=N–C) groups is 1. The first kappa shape index (κ1) is 25.8. The lowest BCUT2D eigenvalue weighted by Crippen LogP contribution is -2.29. The summed E-state index contributed by atoms with van der Waals surface area (Å²) in [5.74, 6) is 0. The smallest absolute Gasteiger partial charge is 0.0862 e. The molecular weight excluding hydrogens is 322 g/mol. The van der Waals surface area contributed by atoms with Gasteiger partial charge in [-0.1, -0.05) is 0 Å². The summed E-state index contributed by atoms with van der Waals surface area (Å²) in [4.78, 5) is 11.0. The highest BCUT2D eigenvalue weighted by molar-refractivity contribution is 5.85. The van der Waals surface area contributed by atoms with Gasteiger partial charge in [0, 0.05) is 0 Å². The summed E-state index contributed by atoms with van der Waals surface area (Å²) in [6.07, 6.45) is 7.17. The lowest BCUT2D eigenvalue weighted by Gasteiger charge is -2.34. The Hall–Kier alpha value is -0.450. The molecule has 0 aliphatic rings. The van der Waals surface area contributed by atoms with Crippen molar-refractivity contribution in [2.24, 2.45) is 10.4 Å². The predicted molar refractivity (Wildman–Crippen MR) is 108 cm³/mol. The number of hydrogen-bond donors (Lipinski definition) is 1. The van der Waals surface area contributed by atoms with Crippen LogP contribution in [-0.4, -0.2) is 89.2 Å². The summed E-state index contributed by atoms with van der Waals surface area (Å²) in [7, 11) is 12.8. The van der Waals surface area contributed by atoms with E-state index in [1.165, 1.54) is 38.5 Å². The van der Waals surface area contributed by atoms with Gasteiger partial charge in [0.15, 0.2) is 0 Å². The van der Waals surface area contributed by atoms with Crippen molar-refractivity contribution in [3.8, 4) is 0 Å². The van der Waals surface area contributed by atoms with Crippen molar-refractivity contribution in [2.75, 3.05) is 68.5 Å². The molecule has 0 aromatic carbocycles. The van der Waals surface area contributed by atoms with Crippen LogP contribution in [0.15, 0.2) is 4.99 Å². The molecule has 0 aliphatic heterocycles. The molecular formula is C18H40ClN5. The number of hydrogen-bond acceptors (Lipinski definition) is 5. The molecule has 0 spiro atoms. The van der Waals surface area contributed by atoms with Crippen molar-refractivity contribution in [3.05, 3.63) is 0 Å². The minimum Gasteiger partial charge on any atom is -0.309 e. The van der Waals surface area contributed by atoms with Crippen molar-refractivity contribution in [2.45, 2.75) is 38.5 Å². The first-order valence-electron chi connectivity index (χ1n) is 8.84. The van der Waals surface area contributed by atoms with Crippen molar-refractivity contribution in [1.29, 1.82) is 5.41 Å². The quantitative estimate of drug-likeness (QED) is 0.483. The highest BCUT2D eigenvalue weighted by Gasteiger charge is 2.29. The molecule has 0 aliphatic carbocycles. The maximum atomic E-state index is 7.18. The van der Waals surface area contributed by atoms with E-state index in [1.54, 1.807) is 0 Å². The fourth-order valence-corrected chi connectivity index (χ4v) is 3.13. The molecule has 0 saturated carbocycles. The summed E-state index contributed by atoms with van der Waals surface area (Å²) >= 11 is 0. The van der Waals surface area contributed by atoms with Crippen molar-refractivity contribution < 1.29 is 0 Å². The summed E-state index contributed by atoms with van der Waals surface area (Å²) in [6.45, 7) is 4.12. The zero-order valence-corrected chi connectivity index (χ0v) is 17.6. The van der Waals surface area contributed by atoms with Gasteiger partial charge in [0.1, 0.15) is 0 Å².